The molecule has 0 bridgehead atoms. The number of pyridine rings is 1. The minimum atomic E-state index is 0.664. The molecule has 2 aromatic heterocycles. The molecule has 5 nitrogen and oxygen atoms in total. The average molecular weight is 335 g/mol. The summed E-state index contributed by atoms with van der Waals surface area (Å²) in [7, 11) is 3.27. The normalized spacial score (nSPS) is 13.8. The van der Waals surface area contributed by atoms with Gasteiger partial charge in [0.25, 0.3) is 0 Å². The van der Waals surface area contributed by atoms with Gasteiger partial charge in [0.15, 0.2) is 23.0 Å². The summed E-state index contributed by atoms with van der Waals surface area (Å²) in [4.78, 5) is 4.66. The number of nitrogens with zero attached hydrogens (tertiary/aromatic N) is 3. The van der Waals surface area contributed by atoms with Gasteiger partial charge in [0.05, 0.1) is 19.9 Å². The number of fused-ring (bicyclic) bond motifs is 1. The second-order valence-corrected chi connectivity index (χ2v) is 6.39. The van der Waals surface area contributed by atoms with Crippen molar-refractivity contribution < 1.29 is 9.47 Å². The fraction of sp³-hybridized carbons (Fsp3) is 0.300. The molecule has 5 heteroatoms. The fourth-order valence-corrected chi connectivity index (χ4v) is 3.08. The van der Waals surface area contributed by atoms with E-state index in [1.165, 1.54) is 18.4 Å². The maximum Gasteiger partial charge on any atom is 0.161 e. The summed E-state index contributed by atoms with van der Waals surface area (Å²) in [5, 5.41) is 4.71. The van der Waals surface area contributed by atoms with Crippen molar-refractivity contribution in [3.8, 4) is 22.8 Å². The summed E-state index contributed by atoms with van der Waals surface area (Å²) in [6.07, 6.45) is 3.25. The lowest BCUT2D eigenvalue weighted by Gasteiger charge is -2.10. The van der Waals surface area contributed by atoms with Crippen molar-refractivity contribution in [3.05, 3.63) is 54.4 Å². The number of methoxy groups -OCH3 is 2. The lowest BCUT2D eigenvalue weighted by molar-refractivity contribution is 0.355. The maximum absolute atomic E-state index is 5.42. The monoisotopic (exact) mass is 335 g/mol. The molecule has 0 amide bonds. The van der Waals surface area contributed by atoms with Crippen LogP contribution >= 0.6 is 0 Å². The minimum absolute atomic E-state index is 0.664. The molecular weight excluding hydrogens is 314 g/mol. The molecule has 0 spiro atoms. The predicted octanol–water partition coefficient (Wildman–Crippen LogP) is 3.92. The Labute approximate surface area is 146 Å². The van der Waals surface area contributed by atoms with Crippen LogP contribution in [0.25, 0.3) is 16.9 Å². The maximum atomic E-state index is 5.42. The van der Waals surface area contributed by atoms with Crippen molar-refractivity contribution in [1.82, 2.24) is 14.6 Å². The van der Waals surface area contributed by atoms with E-state index < -0.39 is 0 Å². The highest BCUT2D eigenvalue weighted by Gasteiger charge is 2.25. The molecule has 4 rings (SSSR count). The molecule has 0 unspecified atom stereocenters. The van der Waals surface area contributed by atoms with E-state index in [0.717, 1.165) is 29.1 Å². The van der Waals surface area contributed by atoms with Crippen LogP contribution in [0.2, 0.25) is 0 Å². The molecule has 1 aliphatic carbocycles. The van der Waals surface area contributed by atoms with Crippen LogP contribution in [0.15, 0.2) is 48.6 Å². The van der Waals surface area contributed by atoms with Crippen LogP contribution in [-0.4, -0.2) is 28.8 Å². The molecule has 2 heterocycles. The molecule has 1 aliphatic rings. The Balaban J connectivity index is 1.74. The second kappa shape index (κ2) is 6.24. The summed E-state index contributed by atoms with van der Waals surface area (Å²) in [5.41, 5.74) is 4.05. The summed E-state index contributed by atoms with van der Waals surface area (Å²) < 4.78 is 12.6. The van der Waals surface area contributed by atoms with Gasteiger partial charge >= 0.3 is 0 Å². The second-order valence-electron chi connectivity index (χ2n) is 6.39. The molecule has 1 fully saturated rings. The van der Waals surface area contributed by atoms with E-state index in [1.807, 2.05) is 40.9 Å². The Kier molecular flexibility index (Phi) is 3.92. The van der Waals surface area contributed by atoms with E-state index in [2.05, 4.69) is 11.6 Å². The number of allylic oxidation sites excluding steroid dienone is 1. The van der Waals surface area contributed by atoms with Gasteiger partial charge in [-0.2, -0.15) is 5.10 Å². The van der Waals surface area contributed by atoms with Gasteiger partial charge in [0.1, 0.15) is 0 Å². The van der Waals surface area contributed by atoms with Gasteiger partial charge in [-0.05, 0) is 49.1 Å². The van der Waals surface area contributed by atoms with Crippen LogP contribution in [0.5, 0.6) is 11.5 Å². The first-order valence-corrected chi connectivity index (χ1v) is 8.44. The van der Waals surface area contributed by atoms with Crippen molar-refractivity contribution in [2.24, 2.45) is 5.92 Å². The van der Waals surface area contributed by atoms with E-state index in [0.29, 0.717) is 17.4 Å². The van der Waals surface area contributed by atoms with E-state index in [9.17, 15) is 0 Å². The van der Waals surface area contributed by atoms with Gasteiger partial charge in [-0.3, -0.25) is 0 Å². The molecule has 128 valence electrons. The predicted molar refractivity (Wildman–Crippen MR) is 97.1 cm³/mol. The van der Waals surface area contributed by atoms with Crippen LogP contribution in [0.4, 0.5) is 0 Å². The molecule has 0 saturated heterocycles. The molecule has 0 radical (unpaired) electrons. The van der Waals surface area contributed by atoms with E-state index in [4.69, 9.17) is 14.6 Å². The highest BCUT2D eigenvalue weighted by atomic mass is 16.5. The van der Waals surface area contributed by atoms with Crippen LogP contribution in [-0.2, 0) is 6.42 Å². The van der Waals surface area contributed by atoms with E-state index >= 15 is 0 Å². The zero-order chi connectivity index (χ0) is 17.4. The first-order valence-electron chi connectivity index (χ1n) is 8.44. The largest absolute Gasteiger partial charge is 0.493 e. The molecule has 3 aromatic rings. The van der Waals surface area contributed by atoms with Crippen molar-refractivity contribution in [2.75, 3.05) is 14.2 Å². The van der Waals surface area contributed by atoms with Gasteiger partial charge < -0.3 is 9.47 Å². The first kappa shape index (κ1) is 15.7. The number of ether oxygens (including phenoxy) is 2. The van der Waals surface area contributed by atoms with Crippen LogP contribution in [0.3, 0.4) is 0 Å². The van der Waals surface area contributed by atoms with Crippen LogP contribution in [0, 0.1) is 5.92 Å². The highest BCUT2D eigenvalue weighted by Crippen LogP contribution is 2.37. The van der Waals surface area contributed by atoms with Crippen molar-refractivity contribution in [1.29, 1.82) is 0 Å². The number of aromatic nitrogens is 3. The summed E-state index contributed by atoms with van der Waals surface area (Å²) in [6, 6.07) is 11.9. The SMILES string of the molecule is C=C(Cc1nc2cccc(-c3ccc(OC)c(OC)c3)n2n1)C1CC1. The van der Waals surface area contributed by atoms with Gasteiger partial charge in [-0.25, -0.2) is 9.50 Å². The molecule has 0 atom stereocenters. The Hall–Kier alpha value is -2.82. The van der Waals surface area contributed by atoms with Gasteiger partial charge in [-0.1, -0.05) is 18.2 Å². The van der Waals surface area contributed by atoms with Gasteiger partial charge in [0, 0.05) is 12.0 Å². The Morgan fingerprint density at radius 2 is 1.96 bits per heavy atom. The summed E-state index contributed by atoms with van der Waals surface area (Å²) in [6.45, 7) is 4.18. The number of hydrogen-bond acceptors (Lipinski definition) is 4. The minimum Gasteiger partial charge on any atom is -0.493 e. The average Bonchev–Trinajstić information content (AvgIpc) is 3.41. The quantitative estimate of drug-likeness (QED) is 0.641. The lowest BCUT2D eigenvalue weighted by Crippen LogP contribution is -1.97. The summed E-state index contributed by atoms with van der Waals surface area (Å²) in [5.74, 6) is 2.89. The Bertz CT molecular complexity index is 941. The molecule has 25 heavy (non-hydrogen) atoms. The third kappa shape index (κ3) is 2.97. The topological polar surface area (TPSA) is 48.7 Å². The van der Waals surface area contributed by atoms with E-state index in [1.54, 1.807) is 14.2 Å². The zero-order valence-electron chi connectivity index (χ0n) is 14.5. The fourth-order valence-electron chi connectivity index (χ4n) is 3.08. The zero-order valence-corrected chi connectivity index (χ0v) is 14.5. The van der Waals surface area contributed by atoms with Crippen LogP contribution < -0.4 is 9.47 Å². The van der Waals surface area contributed by atoms with Gasteiger partial charge in [-0.15, -0.1) is 0 Å². The van der Waals surface area contributed by atoms with Gasteiger partial charge in [0.2, 0.25) is 0 Å². The number of rotatable bonds is 6. The standard InChI is InChI=1S/C20H21N3O2/c1-13(14-7-8-14)11-19-21-20-6-4-5-16(23(20)22-19)15-9-10-17(24-2)18(12-15)25-3/h4-6,9-10,12,14H,1,7-8,11H2,2-3H3. The Morgan fingerprint density at radius 3 is 2.68 bits per heavy atom. The van der Waals surface area contributed by atoms with E-state index in [-0.39, 0.29) is 0 Å². The highest BCUT2D eigenvalue weighted by molar-refractivity contribution is 5.66. The van der Waals surface area contributed by atoms with Crippen molar-refractivity contribution >= 4 is 5.65 Å². The number of benzene rings is 1. The molecule has 1 saturated carbocycles. The smallest absolute Gasteiger partial charge is 0.161 e. The van der Waals surface area contributed by atoms with Crippen molar-refractivity contribution in [2.45, 2.75) is 19.3 Å². The third-order valence-corrected chi connectivity index (χ3v) is 4.62. The molecule has 0 N–H and O–H groups in total. The molecular formula is C20H21N3O2. The molecule has 1 aromatic carbocycles. The lowest BCUT2D eigenvalue weighted by atomic mass is 10.1. The first-order chi connectivity index (χ1) is 12.2. The Morgan fingerprint density at radius 1 is 1.16 bits per heavy atom. The third-order valence-electron chi connectivity index (χ3n) is 4.62. The van der Waals surface area contributed by atoms with Crippen LogP contribution in [0.1, 0.15) is 18.7 Å². The summed E-state index contributed by atoms with van der Waals surface area (Å²) >= 11 is 0. The molecule has 0 aliphatic heterocycles. The number of hydrogen-bond donors (Lipinski definition) is 0. The van der Waals surface area contributed by atoms with Crippen molar-refractivity contribution in [3.63, 3.8) is 0 Å².